The Balaban J connectivity index is 2.45. The highest BCUT2D eigenvalue weighted by Crippen LogP contribution is 2.20. The van der Waals surface area contributed by atoms with Crippen LogP contribution < -0.4 is 5.32 Å². The second-order valence-electron chi connectivity index (χ2n) is 3.74. The number of rotatable bonds is 5. The molecule has 0 radical (unpaired) electrons. The quantitative estimate of drug-likeness (QED) is 0.733. The largest absolute Gasteiger partial charge is 0.310 e. The van der Waals surface area contributed by atoms with E-state index in [4.69, 9.17) is 0 Å². The molecule has 1 atom stereocenters. The molecule has 2 heteroatoms. The lowest BCUT2D eigenvalue weighted by molar-refractivity contribution is 0.553. The highest BCUT2D eigenvalue weighted by atomic mass is 32.1. The molecule has 0 aromatic carbocycles. The topological polar surface area (TPSA) is 12.0 Å². The standard InChI is InChI=1S/C12H19NS/c1-5-6-9(2)13-8-12-7-10(3)14-11(12)4/h5,7,9,13H,1,6,8H2,2-4H3. The molecule has 78 valence electrons. The van der Waals surface area contributed by atoms with Crippen molar-refractivity contribution in [2.75, 3.05) is 0 Å². The Hall–Kier alpha value is -0.600. The van der Waals surface area contributed by atoms with Crippen molar-refractivity contribution in [2.24, 2.45) is 0 Å². The first kappa shape index (κ1) is 11.5. The van der Waals surface area contributed by atoms with Gasteiger partial charge in [0.2, 0.25) is 0 Å². The summed E-state index contributed by atoms with van der Waals surface area (Å²) in [6.07, 6.45) is 2.99. The van der Waals surface area contributed by atoms with Gasteiger partial charge in [-0.3, -0.25) is 0 Å². The van der Waals surface area contributed by atoms with Crippen molar-refractivity contribution < 1.29 is 0 Å². The molecule has 1 heterocycles. The van der Waals surface area contributed by atoms with Gasteiger partial charge in [0.05, 0.1) is 0 Å². The minimum Gasteiger partial charge on any atom is -0.310 e. The molecule has 0 amide bonds. The fraction of sp³-hybridized carbons (Fsp3) is 0.500. The fourth-order valence-corrected chi connectivity index (χ4v) is 2.42. The lowest BCUT2D eigenvalue weighted by Crippen LogP contribution is -2.24. The van der Waals surface area contributed by atoms with Crippen LogP contribution in [0, 0.1) is 13.8 Å². The van der Waals surface area contributed by atoms with Crippen LogP contribution in [0.25, 0.3) is 0 Å². The fourth-order valence-electron chi connectivity index (χ4n) is 1.48. The molecule has 0 saturated carbocycles. The maximum atomic E-state index is 3.74. The molecule has 1 aromatic rings. The first-order chi connectivity index (χ1) is 6.63. The van der Waals surface area contributed by atoms with Gasteiger partial charge in [0.25, 0.3) is 0 Å². The molecule has 0 aliphatic heterocycles. The minimum atomic E-state index is 0.520. The van der Waals surface area contributed by atoms with E-state index >= 15 is 0 Å². The van der Waals surface area contributed by atoms with Crippen molar-refractivity contribution in [1.29, 1.82) is 0 Å². The van der Waals surface area contributed by atoms with Crippen LogP contribution in [0.15, 0.2) is 18.7 Å². The summed E-state index contributed by atoms with van der Waals surface area (Å²) in [5, 5.41) is 3.49. The maximum absolute atomic E-state index is 3.74. The first-order valence-corrected chi connectivity index (χ1v) is 5.85. The van der Waals surface area contributed by atoms with E-state index in [1.807, 2.05) is 17.4 Å². The third-order valence-corrected chi connectivity index (χ3v) is 3.31. The van der Waals surface area contributed by atoms with Gasteiger partial charge >= 0.3 is 0 Å². The number of nitrogens with one attached hydrogen (secondary N) is 1. The molecule has 14 heavy (non-hydrogen) atoms. The highest BCUT2D eigenvalue weighted by molar-refractivity contribution is 7.12. The SMILES string of the molecule is C=CCC(C)NCc1cc(C)sc1C. The lowest BCUT2D eigenvalue weighted by Gasteiger charge is -2.10. The molecule has 0 saturated heterocycles. The van der Waals surface area contributed by atoms with Gasteiger partial charge in [-0.05, 0) is 38.8 Å². The highest BCUT2D eigenvalue weighted by Gasteiger charge is 2.04. The normalized spacial score (nSPS) is 12.8. The maximum Gasteiger partial charge on any atom is 0.0219 e. The van der Waals surface area contributed by atoms with E-state index in [1.165, 1.54) is 15.3 Å². The van der Waals surface area contributed by atoms with Gasteiger partial charge in [0, 0.05) is 22.3 Å². The van der Waals surface area contributed by atoms with Crippen LogP contribution in [-0.4, -0.2) is 6.04 Å². The molecular weight excluding hydrogens is 190 g/mol. The molecule has 1 unspecified atom stereocenters. The van der Waals surface area contributed by atoms with E-state index in [-0.39, 0.29) is 0 Å². The van der Waals surface area contributed by atoms with E-state index in [0.717, 1.165) is 13.0 Å². The van der Waals surface area contributed by atoms with Crippen LogP contribution in [0.5, 0.6) is 0 Å². The molecule has 0 aliphatic rings. The van der Waals surface area contributed by atoms with Crippen LogP contribution >= 0.6 is 11.3 Å². The van der Waals surface area contributed by atoms with Crippen LogP contribution in [0.2, 0.25) is 0 Å². The van der Waals surface area contributed by atoms with Gasteiger partial charge in [-0.15, -0.1) is 17.9 Å². The average Bonchev–Trinajstić information content (AvgIpc) is 2.42. The van der Waals surface area contributed by atoms with Crippen LogP contribution in [0.1, 0.15) is 28.7 Å². The van der Waals surface area contributed by atoms with Gasteiger partial charge in [0.15, 0.2) is 0 Å². The summed E-state index contributed by atoms with van der Waals surface area (Å²) >= 11 is 1.87. The first-order valence-electron chi connectivity index (χ1n) is 5.03. The molecule has 1 aromatic heterocycles. The summed E-state index contributed by atoms with van der Waals surface area (Å²) in [6.45, 7) is 11.3. The van der Waals surface area contributed by atoms with Crippen molar-refractivity contribution in [3.05, 3.63) is 34.0 Å². The number of hydrogen-bond donors (Lipinski definition) is 1. The number of hydrogen-bond acceptors (Lipinski definition) is 2. The Kier molecular flexibility index (Phi) is 4.36. The third-order valence-electron chi connectivity index (χ3n) is 2.30. The van der Waals surface area contributed by atoms with Crippen molar-refractivity contribution in [3.8, 4) is 0 Å². The van der Waals surface area contributed by atoms with Crippen LogP contribution in [-0.2, 0) is 6.54 Å². The van der Waals surface area contributed by atoms with Crippen LogP contribution in [0.4, 0.5) is 0 Å². The minimum absolute atomic E-state index is 0.520. The van der Waals surface area contributed by atoms with E-state index in [2.05, 4.69) is 38.7 Å². The lowest BCUT2D eigenvalue weighted by atomic mass is 10.2. The smallest absolute Gasteiger partial charge is 0.0219 e. The molecule has 1 rings (SSSR count). The van der Waals surface area contributed by atoms with Gasteiger partial charge in [-0.2, -0.15) is 0 Å². The second-order valence-corrected chi connectivity index (χ2v) is 5.21. The summed E-state index contributed by atoms with van der Waals surface area (Å²) < 4.78 is 0. The second kappa shape index (κ2) is 5.32. The van der Waals surface area contributed by atoms with Crippen molar-refractivity contribution in [3.63, 3.8) is 0 Å². The molecule has 0 spiro atoms. The van der Waals surface area contributed by atoms with Gasteiger partial charge in [0.1, 0.15) is 0 Å². The molecule has 1 N–H and O–H groups in total. The summed E-state index contributed by atoms with van der Waals surface area (Å²) in [5.74, 6) is 0. The zero-order chi connectivity index (χ0) is 10.6. The van der Waals surface area contributed by atoms with E-state index in [9.17, 15) is 0 Å². The Bertz CT molecular complexity index is 301. The Morgan fingerprint density at radius 1 is 1.57 bits per heavy atom. The molecular formula is C12H19NS. The molecule has 0 fully saturated rings. The van der Waals surface area contributed by atoms with Gasteiger partial charge in [-0.25, -0.2) is 0 Å². The average molecular weight is 209 g/mol. The Labute approximate surface area is 90.9 Å². The predicted octanol–water partition coefficient (Wildman–Crippen LogP) is 3.42. The summed E-state index contributed by atoms with van der Waals surface area (Å²) in [5.41, 5.74) is 1.43. The molecule has 0 bridgehead atoms. The van der Waals surface area contributed by atoms with Crippen molar-refractivity contribution in [1.82, 2.24) is 5.32 Å². The third kappa shape index (κ3) is 3.28. The zero-order valence-corrected chi connectivity index (χ0v) is 10.1. The number of aryl methyl sites for hydroxylation is 2. The zero-order valence-electron chi connectivity index (χ0n) is 9.26. The Morgan fingerprint density at radius 2 is 2.29 bits per heavy atom. The monoisotopic (exact) mass is 209 g/mol. The van der Waals surface area contributed by atoms with Gasteiger partial charge < -0.3 is 5.32 Å². The Morgan fingerprint density at radius 3 is 2.79 bits per heavy atom. The summed E-state index contributed by atoms with van der Waals surface area (Å²) in [7, 11) is 0. The number of thiophene rings is 1. The van der Waals surface area contributed by atoms with Crippen molar-refractivity contribution in [2.45, 2.75) is 39.8 Å². The molecule has 0 aliphatic carbocycles. The van der Waals surface area contributed by atoms with Crippen LogP contribution in [0.3, 0.4) is 0 Å². The van der Waals surface area contributed by atoms with E-state index in [1.54, 1.807) is 0 Å². The van der Waals surface area contributed by atoms with E-state index in [0.29, 0.717) is 6.04 Å². The van der Waals surface area contributed by atoms with E-state index < -0.39 is 0 Å². The molecule has 1 nitrogen and oxygen atoms in total. The van der Waals surface area contributed by atoms with Crippen molar-refractivity contribution >= 4 is 11.3 Å². The predicted molar refractivity (Wildman–Crippen MR) is 64.9 cm³/mol. The van der Waals surface area contributed by atoms with Gasteiger partial charge in [-0.1, -0.05) is 6.08 Å². The summed E-state index contributed by atoms with van der Waals surface area (Å²) in [4.78, 5) is 2.83. The summed E-state index contributed by atoms with van der Waals surface area (Å²) in [6, 6.07) is 2.79.